The Morgan fingerprint density at radius 3 is 2.67 bits per heavy atom. The van der Waals surface area contributed by atoms with Crippen molar-refractivity contribution in [2.24, 2.45) is 28.6 Å². The number of ketones is 2. The van der Waals surface area contributed by atoms with Gasteiger partial charge in [0.25, 0.3) is 0 Å². The van der Waals surface area contributed by atoms with E-state index in [0.717, 1.165) is 6.42 Å². The van der Waals surface area contributed by atoms with E-state index in [2.05, 4.69) is 0 Å². The third-order valence-corrected chi connectivity index (χ3v) is 9.65. The minimum Gasteiger partial charge on any atom is -0.296 e. The summed E-state index contributed by atoms with van der Waals surface area (Å²) in [6, 6.07) is 0. The van der Waals surface area contributed by atoms with E-state index >= 15 is 4.39 Å². The zero-order valence-corrected chi connectivity index (χ0v) is 17.0. The van der Waals surface area contributed by atoms with E-state index in [-0.39, 0.29) is 35.7 Å². The zero-order valence-electron chi connectivity index (χ0n) is 15.5. The molecule has 148 valence electrons. The van der Waals surface area contributed by atoms with E-state index in [1.807, 2.05) is 13.8 Å². The molecule has 27 heavy (non-hydrogen) atoms. The van der Waals surface area contributed by atoms with Crippen LogP contribution in [0, 0.1) is 28.6 Å². The lowest BCUT2D eigenvalue weighted by molar-refractivity contribution is -0.130. The van der Waals surface area contributed by atoms with E-state index < -0.39 is 33.9 Å². The molecule has 0 bridgehead atoms. The molecule has 0 aromatic carbocycles. The van der Waals surface area contributed by atoms with Gasteiger partial charge in [-0.05, 0) is 60.7 Å². The molecule has 2 nitrogen and oxygen atoms in total. The van der Waals surface area contributed by atoms with Gasteiger partial charge in [-0.3, -0.25) is 9.59 Å². The van der Waals surface area contributed by atoms with Gasteiger partial charge in [0.05, 0.1) is 10.3 Å². The second-order valence-electron chi connectivity index (χ2n) is 9.13. The van der Waals surface area contributed by atoms with E-state index in [4.69, 9.17) is 23.2 Å². The van der Waals surface area contributed by atoms with E-state index in [9.17, 15) is 14.0 Å². The highest BCUT2D eigenvalue weighted by Gasteiger charge is 2.70. The van der Waals surface area contributed by atoms with Crippen molar-refractivity contribution in [1.82, 2.24) is 0 Å². The van der Waals surface area contributed by atoms with Crippen LogP contribution in [0.2, 0.25) is 0 Å². The fourth-order valence-electron chi connectivity index (χ4n) is 6.76. The molecule has 0 heterocycles. The monoisotopic (exact) mass is 416 g/mol. The molecule has 4 aliphatic carbocycles. The quantitative estimate of drug-likeness (QED) is 0.595. The molecule has 0 radical (unpaired) electrons. The topological polar surface area (TPSA) is 34.1 Å². The van der Waals surface area contributed by atoms with Gasteiger partial charge < -0.3 is 0 Å². The summed E-state index contributed by atoms with van der Waals surface area (Å²) >= 11 is 14.2. The van der Waals surface area contributed by atoms with E-state index in [1.54, 1.807) is 6.08 Å². The van der Waals surface area contributed by atoms with Gasteiger partial charge in [0.2, 0.25) is 0 Å². The van der Waals surface area contributed by atoms with Crippen molar-refractivity contribution < 1.29 is 18.4 Å². The largest absolute Gasteiger partial charge is 0.296 e. The van der Waals surface area contributed by atoms with Crippen molar-refractivity contribution in [3.63, 3.8) is 0 Å². The van der Waals surface area contributed by atoms with Gasteiger partial charge in [0, 0.05) is 11.3 Å². The molecule has 0 aromatic heterocycles. The maximum Gasteiger partial charge on any atom is 0.178 e. The number of rotatable bonds is 2. The normalized spacial score (nSPS) is 51.3. The maximum atomic E-state index is 15.2. The predicted molar refractivity (Wildman–Crippen MR) is 101 cm³/mol. The molecule has 8 atom stereocenters. The van der Waals surface area contributed by atoms with Crippen LogP contribution in [0.1, 0.15) is 39.5 Å². The zero-order chi connectivity index (χ0) is 19.8. The maximum absolute atomic E-state index is 15.2. The highest BCUT2D eigenvalue weighted by molar-refractivity contribution is 6.34. The van der Waals surface area contributed by atoms with Crippen LogP contribution < -0.4 is 0 Å². The molecule has 0 spiro atoms. The van der Waals surface area contributed by atoms with Gasteiger partial charge in [-0.1, -0.05) is 19.9 Å². The number of hydrogen-bond donors (Lipinski definition) is 0. The van der Waals surface area contributed by atoms with Gasteiger partial charge in [-0.25, -0.2) is 8.78 Å². The summed E-state index contributed by atoms with van der Waals surface area (Å²) in [6.07, 6.45) is 5.25. The number of carbonyl (C=O) groups is 2. The Bertz CT molecular complexity index is 765. The number of fused-ring (bicyclic) bond motifs is 5. The van der Waals surface area contributed by atoms with Crippen molar-refractivity contribution in [2.45, 2.75) is 56.0 Å². The molecule has 0 aromatic rings. The van der Waals surface area contributed by atoms with Crippen molar-refractivity contribution in [3.8, 4) is 0 Å². The summed E-state index contributed by atoms with van der Waals surface area (Å²) in [6.45, 7) is 2.89. The summed E-state index contributed by atoms with van der Waals surface area (Å²) in [5.74, 6) is -1.24. The van der Waals surface area contributed by atoms with Crippen LogP contribution in [0.3, 0.4) is 0 Å². The Balaban J connectivity index is 1.81. The van der Waals surface area contributed by atoms with Crippen LogP contribution in [0.25, 0.3) is 0 Å². The molecule has 0 aliphatic heterocycles. The third kappa shape index (κ3) is 2.35. The van der Waals surface area contributed by atoms with E-state index in [1.165, 1.54) is 12.2 Å². The molecule has 3 saturated carbocycles. The van der Waals surface area contributed by atoms with Crippen LogP contribution >= 0.6 is 23.2 Å². The summed E-state index contributed by atoms with van der Waals surface area (Å²) < 4.78 is 28.4. The Kier molecular flexibility index (Phi) is 4.44. The lowest BCUT2D eigenvalue weighted by atomic mass is 9.46. The van der Waals surface area contributed by atoms with Crippen LogP contribution in [0.4, 0.5) is 8.78 Å². The number of allylic oxidation sites excluding steroid dienone is 4. The minimum atomic E-state index is -1.28. The highest BCUT2D eigenvalue weighted by atomic mass is 35.5. The Morgan fingerprint density at radius 2 is 2.00 bits per heavy atom. The van der Waals surface area contributed by atoms with Gasteiger partial charge in [-0.2, -0.15) is 0 Å². The molecule has 0 N–H and O–H groups in total. The van der Waals surface area contributed by atoms with Crippen molar-refractivity contribution in [2.75, 3.05) is 6.67 Å². The number of Topliss-reactive ketones (excluding diaryl/α,β-unsaturated/α-hetero) is 1. The van der Waals surface area contributed by atoms with E-state index in [0.29, 0.717) is 18.4 Å². The molecular weight excluding hydrogens is 393 g/mol. The molecule has 6 heteroatoms. The molecular formula is C21H24Cl2F2O2. The first kappa shape index (κ1) is 19.6. The number of alkyl halides is 4. The lowest BCUT2D eigenvalue weighted by Gasteiger charge is -2.63. The van der Waals surface area contributed by atoms with Gasteiger partial charge >= 0.3 is 0 Å². The Morgan fingerprint density at radius 1 is 1.30 bits per heavy atom. The molecule has 4 rings (SSSR count). The van der Waals surface area contributed by atoms with Crippen LogP contribution in [0.15, 0.2) is 23.8 Å². The lowest BCUT2D eigenvalue weighted by Crippen LogP contribution is -2.66. The van der Waals surface area contributed by atoms with Gasteiger partial charge in [0.15, 0.2) is 11.6 Å². The molecule has 0 saturated heterocycles. The average molecular weight is 417 g/mol. The predicted octanol–water partition coefficient (Wildman–Crippen LogP) is 4.98. The van der Waals surface area contributed by atoms with Gasteiger partial charge in [0.1, 0.15) is 12.8 Å². The van der Waals surface area contributed by atoms with Crippen LogP contribution in [-0.4, -0.2) is 34.7 Å². The first-order chi connectivity index (χ1) is 12.6. The first-order valence-electron chi connectivity index (χ1n) is 9.60. The Hall–Kier alpha value is -0.740. The van der Waals surface area contributed by atoms with Crippen molar-refractivity contribution in [3.05, 3.63) is 23.8 Å². The smallest absolute Gasteiger partial charge is 0.178 e. The second-order valence-corrected chi connectivity index (χ2v) is 10.3. The second kappa shape index (κ2) is 6.13. The number of hydrogen-bond acceptors (Lipinski definition) is 2. The van der Waals surface area contributed by atoms with Crippen LogP contribution in [0.5, 0.6) is 0 Å². The summed E-state index contributed by atoms with van der Waals surface area (Å²) in [5.41, 5.74) is -0.921. The van der Waals surface area contributed by atoms with Crippen molar-refractivity contribution in [1.29, 1.82) is 0 Å². The fourth-order valence-corrected chi connectivity index (χ4v) is 7.97. The molecule has 4 aliphatic rings. The van der Waals surface area contributed by atoms with Crippen molar-refractivity contribution >= 4 is 34.8 Å². The summed E-state index contributed by atoms with van der Waals surface area (Å²) in [4.78, 5) is 23.1. The minimum absolute atomic E-state index is 0.00755. The van der Waals surface area contributed by atoms with Crippen LogP contribution in [-0.2, 0) is 9.59 Å². The Labute approximate surface area is 168 Å². The standard InChI is InChI=1S/C21H24Cl2F2O2/c1-19-9-18(22)21(23)14(12(19)3-4-13(19)17(27)10-24)8-16(25)15-7-11(26)5-6-20(15,21)2/h5-7,12-14,16,18H,3-4,8-10H2,1-2H3/t12-,13+,14-,16-,18-,19-,20-,21-/m0/s1. The molecule has 3 fully saturated rings. The summed E-state index contributed by atoms with van der Waals surface area (Å²) in [5, 5.41) is -0.517. The summed E-state index contributed by atoms with van der Waals surface area (Å²) in [7, 11) is 0. The fraction of sp³-hybridized carbons (Fsp3) is 0.714. The molecule has 0 amide bonds. The highest BCUT2D eigenvalue weighted by Crippen LogP contribution is 2.70. The van der Waals surface area contributed by atoms with Gasteiger partial charge in [-0.15, -0.1) is 23.2 Å². The number of halogens is 4. The average Bonchev–Trinajstić information content (AvgIpc) is 2.95. The number of carbonyl (C=O) groups excluding carboxylic acids is 2. The SMILES string of the molecule is C[C@]12C[C@H](Cl)[C@@]3(Cl)[C@@H](C[C@H](F)C4=CC(=O)C=C[C@@]43C)[C@@H]1CC[C@@H]2C(=O)CF. The molecule has 0 unspecified atom stereocenters. The first-order valence-corrected chi connectivity index (χ1v) is 10.4. The third-order valence-electron chi connectivity index (χ3n) is 8.10.